The zero-order valence-corrected chi connectivity index (χ0v) is 21.2. The highest BCUT2D eigenvalue weighted by Crippen LogP contribution is 2.31. The first kappa shape index (κ1) is 25.1. The minimum absolute atomic E-state index is 0.0134. The predicted octanol–water partition coefficient (Wildman–Crippen LogP) is 4.89. The van der Waals surface area contributed by atoms with E-state index in [9.17, 15) is 18.4 Å². The van der Waals surface area contributed by atoms with Crippen molar-refractivity contribution in [2.24, 2.45) is 11.8 Å². The number of amides is 2. The molecule has 4 aromatic rings. The van der Waals surface area contributed by atoms with E-state index in [0.717, 1.165) is 24.9 Å². The molecule has 2 amide bonds. The summed E-state index contributed by atoms with van der Waals surface area (Å²) < 4.78 is 32.6. The maximum absolute atomic E-state index is 13.8. The summed E-state index contributed by atoms with van der Waals surface area (Å²) in [5.41, 5.74) is 2.47. The number of nitrogens with zero attached hydrogens (tertiary/aromatic N) is 6. The molecule has 9 nitrogen and oxygen atoms in total. The van der Waals surface area contributed by atoms with Crippen molar-refractivity contribution in [3.05, 3.63) is 66.4 Å². The number of likely N-dealkylation sites (tertiary alicyclic amines) is 1. The van der Waals surface area contributed by atoms with Crippen LogP contribution in [0.1, 0.15) is 50.1 Å². The molecule has 2 aliphatic rings. The normalized spacial score (nSPS) is 16.5. The molecule has 11 heteroatoms. The highest BCUT2D eigenvalue weighted by atomic mass is 19.3. The fraction of sp³-hybridized carbons (Fsp3) is 0.393. The molecular weight excluding hydrogens is 506 g/mol. The summed E-state index contributed by atoms with van der Waals surface area (Å²) in [7, 11) is 0. The van der Waals surface area contributed by atoms with Crippen molar-refractivity contribution >= 4 is 23.1 Å². The Labute approximate surface area is 223 Å². The molecule has 0 radical (unpaired) electrons. The van der Waals surface area contributed by atoms with Gasteiger partial charge in [0, 0.05) is 48.6 Å². The standard InChI is InChI=1S/C28H28F2N6O3/c29-24(30)26-33-32-25(39-26)20-11-14-35-16-21(31-23(35)15-20)17-36(22-7-2-1-3-8-22)28(38)19-9-12-34(13-10-19)27(37)18-5-4-6-18/h1-3,7-8,11,14-16,18-19,24H,4-6,9-10,12-13,17H2. The molecule has 1 saturated heterocycles. The number of alkyl halides is 2. The summed E-state index contributed by atoms with van der Waals surface area (Å²) >= 11 is 0. The van der Waals surface area contributed by atoms with Gasteiger partial charge in [-0.05, 0) is 49.9 Å². The third kappa shape index (κ3) is 5.13. The number of carbonyl (C=O) groups is 2. The number of imidazole rings is 1. The van der Waals surface area contributed by atoms with Crippen LogP contribution in [0.15, 0.2) is 59.3 Å². The summed E-state index contributed by atoms with van der Waals surface area (Å²) in [6.07, 6.45) is 5.08. The van der Waals surface area contributed by atoms with Gasteiger partial charge in [0.1, 0.15) is 5.65 Å². The number of halogens is 2. The topological polar surface area (TPSA) is 96.8 Å². The molecule has 2 fully saturated rings. The van der Waals surface area contributed by atoms with Crippen molar-refractivity contribution in [2.75, 3.05) is 18.0 Å². The lowest BCUT2D eigenvalue weighted by atomic mass is 9.83. The molecule has 3 aromatic heterocycles. The van der Waals surface area contributed by atoms with Crippen LogP contribution in [-0.4, -0.2) is 49.4 Å². The van der Waals surface area contributed by atoms with Crippen LogP contribution in [0.5, 0.6) is 0 Å². The first-order valence-electron chi connectivity index (χ1n) is 13.2. The molecule has 0 spiro atoms. The van der Waals surface area contributed by atoms with E-state index in [-0.39, 0.29) is 36.1 Å². The SMILES string of the molecule is O=C(C1CCC1)N1CCC(C(=O)N(Cc2cn3ccc(-c4nnc(C(F)F)o4)cc3n2)c2ccccc2)CC1. The number of hydrogen-bond acceptors (Lipinski definition) is 6. The van der Waals surface area contributed by atoms with Gasteiger partial charge in [-0.15, -0.1) is 10.2 Å². The predicted molar refractivity (Wildman–Crippen MR) is 138 cm³/mol. The van der Waals surface area contributed by atoms with E-state index in [1.165, 1.54) is 0 Å². The van der Waals surface area contributed by atoms with E-state index in [2.05, 4.69) is 15.2 Å². The molecule has 0 atom stereocenters. The summed E-state index contributed by atoms with van der Waals surface area (Å²) in [6, 6.07) is 12.8. The van der Waals surface area contributed by atoms with Crippen molar-refractivity contribution in [3.8, 4) is 11.5 Å². The number of piperidine rings is 1. The second-order valence-corrected chi connectivity index (χ2v) is 10.1. The monoisotopic (exact) mass is 534 g/mol. The van der Waals surface area contributed by atoms with E-state index < -0.39 is 12.3 Å². The highest BCUT2D eigenvalue weighted by Gasteiger charge is 2.35. The van der Waals surface area contributed by atoms with Gasteiger partial charge in [-0.3, -0.25) is 9.59 Å². The molecule has 4 heterocycles. The average molecular weight is 535 g/mol. The molecule has 6 rings (SSSR count). The summed E-state index contributed by atoms with van der Waals surface area (Å²) in [5.74, 6) is -0.507. The Morgan fingerprint density at radius 1 is 1.03 bits per heavy atom. The van der Waals surface area contributed by atoms with Gasteiger partial charge in [0.25, 0.3) is 5.89 Å². The fourth-order valence-electron chi connectivity index (χ4n) is 5.23. The van der Waals surface area contributed by atoms with Crippen LogP contribution in [0, 0.1) is 11.8 Å². The average Bonchev–Trinajstić information content (AvgIpc) is 3.58. The number of carbonyl (C=O) groups excluding carboxylic acids is 2. The smallest absolute Gasteiger partial charge is 0.314 e. The molecular formula is C28H28F2N6O3. The Morgan fingerprint density at radius 2 is 1.79 bits per heavy atom. The van der Waals surface area contributed by atoms with E-state index in [4.69, 9.17) is 4.42 Å². The lowest BCUT2D eigenvalue weighted by Crippen LogP contribution is -2.47. The lowest BCUT2D eigenvalue weighted by molar-refractivity contribution is -0.141. The van der Waals surface area contributed by atoms with Crippen LogP contribution in [0.2, 0.25) is 0 Å². The summed E-state index contributed by atoms with van der Waals surface area (Å²) in [4.78, 5) is 34.8. The molecule has 1 saturated carbocycles. The molecule has 0 N–H and O–H groups in total. The molecule has 1 aliphatic carbocycles. The van der Waals surface area contributed by atoms with E-state index in [1.807, 2.05) is 41.4 Å². The maximum atomic E-state index is 13.8. The highest BCUT2D eigenvalue weighted by molar-refractivity contribution is 5.95. The van der Waals surface area contributed by atoms with Crippen LogP contribution in [-0.2, 0) is 16.1 Å². The maximum Gasteiger partial charge on any atom is 0.314 e. The van der Waals surface area contributed by atoms with Crippen molar-refractivity contribution in [2.45, 2.75) is 45.1 Å². The third-order valence-electron chi connectivity index (χ3n) is 7.65. The Morgan fingerprint density at radius 3 is 2.46 bits per heavy atom. The van der Waals surface area contributed by atoms with Gasteiger partial charge in [-0.1, -0.05) is 24.6 Å². The van der Waals surface area contributed by atoms with Crippen LogP contribution >= 0.6 is 0 Å². The van der Waals surface area contributed by atoms with Gasteiger partial charge in [-0.25, -0.2) is 4.98 Å². The molecule has 202 valence electrons. The quantitative estimate of drug-likeness (QED) is 0.335. The van der Waals surface area contributed by atoms with Crippen LogP contribution in [0.3, 0.4) is 0 Å². The number of rotatable bonds is 7. The number of hydrogen-bond donors (Lipinski definition) is 0. The Kier molecular flexibility index (Phi) is 6.80. The number of aromatic nitrogens is 4. The van der Waals surface area contributed by atoms with Gasteiger partial charge in [0.15, 0.2) is 0 Å². The second kappa shape index (κ2) is 10.5. The lowest BCUT2D eigenvalue weighted by Gasteiger charge is -2.37. The number of pyridine rings is 1. The number of fused-ring (bicyclic) bond motifs is 1. The zero-order valence-electron chi connectivity index (χ0n) is 21.2. The second-order valence-electron chi connectivity index (χ2n) is 10.1. The molecule has 1 aromatic carbocycles. The van der Waals surface area contributed by atoms with Crippen LogP contribution < -0.4 is 4.90 Å². The summed E-state index contributed by atoms with van der Waals surface area (Å²) in [6.45, 7) is 1.47. The van der Waals surface area contributed by atoms with Crippen molar-refractivity contribution in [1.82, 2.24) is 24.5 Å². The van der Waals surface area contributed by atoms with Crippen molar-refractivity contribution < 1.29 is 22.8 Å². The third-order valence-corrected chi connectivity index (χ3v) is 7.65. The van der Waals surface area contributed by atoms with Gasteiger partial charge < -0.3 is 18.6 Å². The zero-order chi connectivity index (χ0) is 26.9. The fourth-order valence-corrected chi connectivity index (χ4v) is 5.23. The van der Waals surface area contributed by atoms with E-state index in [1.54, 1.807) is 27.6 Å². The molecule has 0 bridgehead atoms. The molecule has 0 unspecified atom stereocenters. The first-order chi connectivity index (χ1) is 19.0. The Bertz CT molecular complexity index is 1470. The minimum atomic E-state index is -2.84. The number of anilines is 1. The van der Waals surface area contributed by atoms with Crippen molar-refractivity contribution in [3.63, 3.8) is 0 Å². The summed E-state index contributed by atoms with van der Waals surface area (Å²) in [5, 5.41) is 7.09. The van der Waals surface area contributed by atoms with Crippen LogP contribution in [0.4, 0.5) is 14.5 Å². The van der Waals surface area contributed by atoms with Gasteiger partial charge in [0.05, 0.1) is 12.2 Å². The van der Waals surface area contributed by atoms with Gasteiger partial charge in [-0.2, -0.15) is 8.78 Å². The Hall–Kier alpha value is -4.15. The van der Waals surface area contributed by atoms with Crippen molar-refractivity contribution in [1.29, 1.82) is 0 Å². The largest absolute Gasteiger partial charge is 0.415 e. The van der Waals surface area contributed by atoms with Gasteiger partial charge >= 0.3 is 6.43 Å². The van der Waals surface area contributed by atoms with Gasteiger partial charge in [0.2, 0.25) is 17.7 Å². The minimum Gasteiger partial charge on any atom is -0.415 e. The number of para-hydroxylation sites is 1. The van der Waals surface area contributed by atoms with Crippen LogP contribution in [0.25, 0.3) is 17.1 Å². The molecule has 39 heavy (non-hydrogen) atoms. The molecule has 1 aliphatic heterocycles. The Balaban J connectivity index is 1.20. The van der Waals surface area contributed by atoms with E-state index >= 15 is 0 Å². The van der Waals surface area contributed by atoms with E-state index in [0.29, 0.717) is 42.8 Å². The number of benzene rings is 1. The first-order valence-corrected chi connectivity index (χ1v) is 13.2.